The minimum atomic E-state index is 0.443. The van der Waals surface area contributed by atoms with Crippen LogP contribution < -0.4 is 0 Å². The van der Waals surface area contributed by atoms with E-state index in [4.69, 9.17) is 0 Å². The molecule has 1 heterocycles. The molecular weight excluding hydrogens is 426 g/mol. The lowest BCUT2D eigenvalue weighted by Gasteiger charge is -2.31. The first-order chi connectivity index (χ1) is 17.3. The van der Waals surface area contributed by atoms with E-state index in [1.165, 1.54) is 61.6 Å². The summed E-state index contributed by atoms with van der Waals surface area (Å²) in [5.74, 6) is 1.82. The molecule has 0 amide bonds. The number of benzene rings is 3. The topological polar surface area (TPSA) is 31.9 Å². The molecule has 1 aliphatic rings. The van der Waals surface area contributed by atoms with Gasteiger partial charge < -0.3 is 4.98 Å². The van der Waals surface area contributed by atoms with Gasteiger partial charge in [0.05, 0.1) is 11.9 Å². The Labute approximate surface area is 210 Å². The van der Waals surface area contributed by atoms with Crippen LogP contribution in [0.1, 0.15) is 62.1 Å². The van der Waals surface area contributed by atoms with Crippen molar-refractivity contribution in [2.75, 3.05) is 7.05 Å². The van der Waals surface area contributed by atoms with Gasteiger partial charge in [-0.1, -0.05) is 111 Å². The van der Waals surface area contributed by atoms with Crippen LogP contribution in [0, 0.1) is 5.92 Å². The first-order valence-corrected chi connectivity index (χ1v) is 13.2. The zero-order valence-corrected chi connectivity index (χ0v) is 20.9. The summed E-state index contributed by atoms with van der Waals surface area (Å²) in [4.78, 5) is 10.7. The van der Waals surface area contributed by atoms with Crippen LogP contribution in [0.15, 0.2) is 91.1 Å². The van der Waals surface area contributed by atoms with E-state index in [9.17, 15) is 0 Å². The van der Waals surface area contributed by atoms with Crippen LogP contribution in [0.2, 0.25) is 0 Å². The molecule has 1 N–H and O–H groups in total. The highest BCUT2D eigenvalue weighted by molar-refractivity contribution is 5.64. The molecule has 35 heavy (non-hydrogen) atoms. The molecule has 3 heteroatoms. The molecule has 1 atom stereocenters. The van der Waals surface area contributed by atoms with Gasteiger partial charge in [-0.05, 0) is 48.6 Å². The Morgan fingerprint density at radius 1 is 0.857 bits per heavy atom. The molecule has 0 saturated heterocycles. The largest absolute Gasteiger partial charge is 0.338 e. The predicted molar refractivity (Wildman–Crippen MR) is 146 cm³/mol. The van der Waals surface area contributed by atoms with Crippen molar-refractivity contribution in [2.45, 2.75) is 57.5 Å². The molecule has 0 aliphatic heterocycles. The second-order valence-corrected chi connectivity index (χ2v) is 10.1. The number of aromatic amines is 1. The van der Waals surface area contributed by atoms with Gasteiger partial charge in [-0.2, -0.15) is 0 Å². The van der Waals surface area contributed by atoms with E-state index < -0.39 is 0 Å². The highest BCUT2D eigenvalue weighted by atomic mass is 15.1. The van der Waals surface area contributed by atoms with Crippen LogP contribution in [0.4, 0.5) is 0 Å². The number of nitrogens with one attached hydrogen (secondary N) is 1. The van der Waals surface area contributed by atoms with Crippen molar-refractivity contribution < 1.29 is 0 Å². The summed E-state index contributed by atoms with van der Waals surface area (Å²) in [5.41, 5.74) is 6.12. The third-order valence-corrected chi connectivity index (χ3v) is 7.58. The molecule has 0 radical (unpaired) electrons. The highest BCUT2D eigenvalue weighted by Gasteiger charge is 2.21. The number of aromatic nitrogens is 2. The molecule has 1 aromatic heterocycles. The standard InChI is InChI=1S/C32H37N3/c1-35(31(27-15-7-3-8-16-27)21-20-25-12-5-2-6-13-25)24-26-14-11-19-29(22-26)30-23-33-32(34-30)28-17-9-4-10-18-28/h3-4,7-11,14-19,22-23,25,31H,2,5-6,12-13,20-21,24H2,1H3,(H,33,34). The Bertz CT molecular complexity index is 1180. The lowest BCUT2D eigenvalue weighted by atomic mass is 9.84. The molecule has 180 valence electrons. The Balaban J connectivity index is 1.30. The first kappa shape index (κ1) is 23.6. The summed E-state index contributed by atoms with van der Waals surface area (Å²) in [7, 11) is 2.29. The molecule has 0 bridgehead atoms. The van der Waals surface area contributed by atoms with Gasteiger partial charge in [-0.3, -0.25) is 4.90 Å². The van der Waals surface area contributed by atoms with Gasteiger partial charge in [-0.25, -0.2) is 4.98 Å². The van der Waals surface area contributed by atoms with Crippen LogP contribution in [0.3, 0.4) is 0 Å². The maximum Gasteiger partial charge on any atom is 0.137 e. The zero-order chi connectivity index (χ0) is 23.9. The molecule has 1 fully saturated rings. The Morgan fingerprint density at radius 2 is 1.57 bits per heavy atom. The summed E-state index contributed by atoms with van der Waals surface area (Å²) < 4.78 is 0. The average molecular weight is 464 g/mol. The van der Waals surface area contributed by atoms with Crippen LogP contribution in [-0.2, 0) is 6.54 Å². The fraction of sp³-hybridized carbons (Fsp3) is 0.344. The summed E-state index contributed by atoms with van der Waals surface area (Å²) in [6.45, 7) is 0.928. The van der Waals surface area contributed by atoms with E-state index in [0.29, 0.717) is 6.04 Å². The minimum absolute atomic E-state index is 0.443. The van der Waals surface area contributed by atoms with Crippen molar-refractivity contribution in [1.29, 1.82) is 0 Å². The number of rotatable bonds is 9. The molecule has 1 saturated carbocycles. The van der Waals surface area contributed by atoms with Crippen LogP contribution >= 0.6 is 0 Å². The number of hydrogen-bond donors (Lipinski definition) is 1. The first-order valence-electron chi connectivity index (χ1n) is 13.2. The van der Waals surface area contributed by atoms with Crippen molar-refractivity contribution in [3.05, 3.63) is 102 Å². The average Bonchev–Trinajstić information content (AvgIpc) is 3.41. The van der Waals surface area contributed by atoms with E-state index >= 15 is 0 Å². The van der Waals surface area contributed by atoms with E-state index in [0.717, 1.165) is 29.5 Å². The second-order valence-electron chi connectivity index (χ2n) is 10.1. The van der Waals surface area contributed by atoms with Crippen molar-refractivity contribution in [1.82, 2.24) is 14.9 Å². The van der Waals surface area contributed by atoms with Gasteiger partial charge in [0.15, 0.2) is 0 Å². The maximum atomic E-state index is 4.62. The Morgan fingerprint density at radius 3 is 2.34 bits per heavy atom. The van der Waals surface area contributed by atoms with Crippen LogP contribution in [0.25, 0.3) is 22.6 Å². The van der Waals surface area contributed by atoms with Crippen LogP contribution in [0.5, 0.6) is 0 Å². The summed E-state index contributed by atoms with van der Waals surface area (Å²) >= 11 is 0. The molecule has 3 nitrogen and oxygen atoms in total. The van der Waals surface area contributed by atoms with E-state index in [1.54, 1.807) is 0 Å². The van der Waals surface area contributed by atoms with Crippen molar-refractivity contribution in [2.24, 2.45) is 5.92 Å². The number of imidazole rings is 1. The van der Waals surface area contributed by atoms with Crippen molar-refractivity contribution in [3.8, 4) is 22.6 Å². The van der Waals surface area contributed by atoms with Gasteiger partial charge in [0.1, 0.15) is 5.82 Å². The Kier molecular flexibility index (Phi) is 7.75. The lowest BCUT2D eigenvalue weighted by Crippen LogP contribution is -2.25. The zero-order valence-electron chi connectivity index (χ0n) is 20.9. The number of hydrogen-bond acceptors (Lipinski definition) is 2. The van der Waals surface area contributed by atoms with Gasteiger partial charge >= 0.3 is 0 Å². The smallest absolute Gasteiger partial charge is 0.137 e. The summed E-state index contributed by atoms with van der Waals surface area (Å²) in [6, 6.07) is 30.7. The summed E-state index contributed by atoms with van der Waals surface area (Å²) in [5, 5.41) is 0. The fourth-order valence-corrected chi connectivity index (χ4v) is 5.63. The third-order valence-electron chi connectivity index (χ3n) is 7.58. The third kappa shape index (κ3) is 6.10. The quantitative estimate of drug-likeness (QED) is 0.271. The van der Waals surface area contributed by atoms with E-state index in [-0.39, 0.29) is 0 Å². The van der Waals surface area contributed by atoms with Crippen molar-refractivity contribution >= 4 is 0 Å². The van der Waals surface area contributed by atoms with Gasteiger partial charge in [0, 0.05) is 18.2 Å². The van der Waals surface area contributed by atoms with Gasteiger partial charge in [0.25, 0.3) is 0 Å². The maximum absolute atomic E-state index is 4.62. The molecule has 1 unspecified atom stereocenters. The fourth-order valence-electron chi connectivity index (χ4n) is 5.63. The predicted octanol–water partition coefficient (Wildman–Crippen LogP) is 8.28. The van der Waals surface area contributed by atoms with Gasteiger partial charge in [0.2, 0.25) is 0 Å². The lowest BCUT2D eigenvalue weighted by molar-refractivity contribution is 0.203. The van der Waals surface area contributed by atoms with Crippen molar-refractivity contribution in [3.63, 3.8) is 0 Å². The molecule has 5 rings (SSSR count). The van der Waals surface area contributed by atoms with E-state index in [2.05, 4.69) is 88.6 Å². The SMILES string of the molecule is CN(Cc1cccc(-c2cnc(-c3ccccc3)[nH]2)c1)C(CCC1CCCCC1)c1ccccc1. The Hall–Kier alpha value is -3.17. The minimum Gasteiger partial charge on any atom is -0.338 e. The normalized spacial score (nSPS) is 15.4. The van der Waals surface area contributed by atoms with E-state index in [1.807, 2.05) is 24.4 Å². The molecule has 3 aromatic carbocycles. The number of nitrogens with zero attached hydrogens (tertiary/aromatic N) is 2. The van der Waals surface area contributed by atoms with Crippen LogP contribution in [-0.4, -0.2) is 21.9 Å². The molecule has 0 spiro atoms. The molecule has 1 aliphatic carbocycles. The second kappa shape index (κ2) is 11.5. The van der Waals surface area contributed by atoms with Gasteiger partial charge in [-0.15, -0.1) is 0 Å². The number of H-pyrrole nitrogens is 1. The highest BCUT2D eigenvalue weighted by Crippen LogP contribution is 2.33. The monoisotopic (exact) mass is 463 g/mol. The molecular formula is C32H37N3. The molecule has 4 aromatic rings. The summed E-state index contributed by atoms with van der Waals surface area (Å²) in [6.07, 6.45) is 11.6.